The van der Waals surface area contributed by atoms with E-state index in [-0.39, 0.29) is 5.69 Å². The number of hydrogen-bond donors (Lipinski definition) is 1. The van der Waals surface area contributed by atoms with Crippen molar-refractivity contribution in [1.82, 2.24) is 9.55 Å². The van der Waals surface area contributed by atoms with Gasteiger partial charge in [0.2, 0.25) is 0 Å². The molecule has 1 N–H and O–H groups in total. The van der Waals surface area contributed by atoms with Gasteiger partial charge in [-0.05, 0) is 30.3 Å². The molecule has 0 fully saturated rings. The maximum atomic E-state index is 12.2. The molecule has 0 unspecified atom stereocenters. The first kappa shape index (κ1) is 12.0. The van der Waals surface area contributed by atoms with Crippen LogP contribution in [-0.2, 0) is 0 Å². The summed E-state index contributed by atoms with van der Waals surface area (Å²) < 4.78 is 7.85. The van der Waals surface area contributed by atoms with Gasteiger partial charge in [-0.25, -0.2) is 4.79 Å². The maximum Gasteiger partial charge on any atom is 0.331 e. The van der Waals surface area contributed by atoms with Crippen LogP contribution in [0.3, 0.4) is 0 Å². The van der Waals surface area contributed by atoms with Gasteiger partial charge in [-0.3, -0.25) is 4.57 Å². The van der Waals surface area contributed by atoms with E-state index in [1.165, 1.54) is 0 Å². The summed E-state index contributed by atoms with van der Waals surface area (Å²) in [5, 5.41) is 0. The molecule has 96 valence electrons. The molecular formula is C14H11BrN2O2. The highest BCUT2D eigenvalue weighted by atomic mass is 79.9. The van der Waals surface area contributed by atoms with Crippen LogP contribution in [0.5, 0.6) is 5.75 Å². The number of para-hydroxylation sites is 2. The SMILES string of the molecule is COc1ccccc1-n1c(=O)[nH]c2ccc(Br)cc21. The highest BCUT2D eigenvalue weighted by Gasteiger charge is 2.12. The van der Waals surface area contributed by atoms with Crippen molar-refractivity contribution in [3.05, 3.63) is 57.4 Å². The van der Waals surface area contributed by atoms with Gasteiger partial charge >= 0.3 is 5.69 Å². The average Bonchev–Trinajstić information content (AvgIpc) is 2.74. The molecule has 0 saturated heterocycles. The van der Waals surface area contributed by atoms with E-state index >= 15 is 0 Å². The molecule has 0 bridgehead atoms. The van der Waals surface area contributed by atoms with E-state index in [9.17, 15) is 4.79 Å². The summed E-state index contributed by atoms with van der Waals surface area (Å²) in [5.41, 5.74) is 2.14. The van der Waals surface area contributed by atoms with Crippen molar-refractivity contribution in [2.45, 2.75) is 0 Å². The number of rotatable bonds is 2. The Morgan fingerprint density at radius 3 is 2.79 bits per heavy atom. The molecule has 4 nitrogen and oxygen atoms in total. The third kappa shape index (κ3) is 1.96. The molecule has 2 aromatic carbocycles. The number of nitrogens with zero attached hydrogens (tertiary/aromatic N) is 1. The van der Waals surface area contributed by atoms with E-state index in [0.29, 0.717) is 5.75 Å². The molecule has 1 heterocycles. The molecule has 0 aliphatic carbocycles. The number of fused-ring (bicyclic) bond motifs is 1. The monoisotopic (exact) mass is 318 g/mol. The Kier molecular flexibility index (Phi) is 2.91. The Morgan fingerprint density at radius 2 is 2.00 bits per heavy atom. The zero-order valence-corrected chi connectivity index (χ0v) is 11.8. The number of nitrogens with one attached hydrogen (secondary N) is 1. The van der Waals surface area contributed by atoms with Crippen LogP contribution in [0.25, 0.3) is 16.7 Å². The predicted molar refractivity (Wildman–Crippen MR) is 78.1 cm³/mol. The molecule has 0 amide bonds. The molecule has 1 aromatic heterocycles. The summed E-state index contributed by atoms with van der Waals surface area (Å²) in [6.45, 7) is 0. The third-order valence-electron chi connectivity index (χ3n) is 2.97. The quantitative estimate of drug-likeness (QED) is 0.789. The summed E-state index contributed by atoms with van der Waals surface area (Å²) in [4.78, 5) is 15.0. The number of hydrogen-bond acceptors (Lipinski definition) is 2. The summed E-state index contributed by atoms with van der Waals surface area (Å²) >= 11 is 3.42. The number of aromatic amines is 1. The van der Waals surface area contributed by atoms with Gasteiger partial charge in [-0.1, -0.05) is 28.1 Å². The summed E-state index contributed by atoms with van der Waals surface area (Å²) in [7, 11) is 1.59. The zero-order valence-electron chi connectivity index (χ0n) is 10.2. The van der Waals surface area contributed by atoms with Crippen LogP contribution in [-0.4, -0.2) is 16.7 Å². The lowest BCUT2D eigenvalue weighted by atomic mass is 10.2. The van der Waals surface area contributed by atoms with Crippen molar-refractivity contribution < 1.29 is 4.74 Å². The van der Waals surface area contributed by atoms with Crippen LogP contribution in [0.15, 0.2) is 51.7 Å². The lowest BCUT2D eigenvalue weighted by molar-refractivity contribution is 0.413. The van der Waals surface area contributed by atoms with Crippen LogP contribution in [0.2, 0.25) is 0 Å². The predicted octanol–water partition coefficient (Wildman–Crippen LogP) is 3.09. The highest BCUT2D eigenvalue weighted by Crippen LogP contribution is 2.25. The van der Waals surface area contributed by atoms with E-state index < -0.39 is 0 Å². The lowest BCUT2D eigenvalue weighted by Crippen LogP contribution is -2.15. The third-order valence-corrected chi connectivity index (χ3v) is 3.46. The fraction of sp³-hybridized carbons (Fsp3) is 0.0714. The summed E-state index contributed by atoms with van der Waals surface area (Å²) in [5.74, 6) is 0.658. The fourth-order valence-corrected chi connectivity index (χ4v) is 2.48. The number of aromatic nitrogens is 2. The van der Waals surface area contributed by atoms with Crippen molar-refractivity contribution in [2.75, 3.05) is 7.11 Å². The minimum Gasteiger partial charge on any atom is -0.495 e. The normalized spacial score (nSPS) is 10.8. The summed E-state index contributed by atoms with van der Waals surface area (Å²) in [6.07, 6.45) is 0. The Bertz CT molecular complexity index is 805. The number of imidazole rings is 1. The zero-order chi connectivity index (χ0) is 13.4. The van der Waals surface area contributed by atoms with E-state index in [0.717, 1.165) is 21.2 Å². The summed E-state index contributed by atoms with van der Waals surface area (Å²) in [6, 6.07) is 13.1. The van der Waals surface area contributed by atoms with E-state index in [4.69, 9.17) is 4.74 Å². The van der Waals surface area contributed by atoms with Gasteiger partial charge in [0.15, 0.2) is 0 Å². The number of methoxy groups -OCH3 is 1. The van der Waals surface area contributed by atoms with Crippen molar-refractivity contribution in [2.24, 2.45) is 0 Å². The van der Waals surface area contributed by atoms with Gasteiger partial charge in [0, 0.05) is 4.47 Å². The number of H-pyrrole nitrogens is 1. The molecule has 19 heavy (non-hydrogen) atoms. The van der Waals surface area contributed by atoms with E-state index in [1.807, 2.05) is 42.5 Å². The van der Waals surface area contributed by atoms with Gasteiger partial charge in [0.05, 0.1) is 23.8 Å². The Morgan fingerprint density at radius 1 is 1.21 bits per heavy atom. The lowest BCUT2D eigenvalue weighted by Gasteiger charge is -2.09. The molecule has 0 aliphatic heterocycles. The van der Waals surface area contributed by atoms with Crippen molar-refractivity contribution in [1.29, 1.82) is 0 Å². The minimum atomic E-state index is -0.183. The van der Waals surface area contributed by atoms with Gasteiger partial charge in [0.25, 0.3) is 0 Å². The van der Waals surface area contributed by atoms with Crippen LogP contribution in [0.1, 0.15) is 0 Å². The van der Waals surface area contributed by atoms with Gasteiger partial charge < -0.3 is 9.72 Å². The second-order valence-electron chi connectivity index (χ2n) is 4.10. The average molecular weight is 319 g/mol. The second-order valence-corrected chi connectivity index (χ2v) is 5.01. The van der Waals surface area contributed by atoms with E-state index in [2.05, 4.69) is 20.9 Å². The second kappa shape index (κ2) is 4.59. The highest BCUT2D eigenvalue weighted by molar-refractivity contribution is 9.10. The molecule has 5 heteroatoms. The van der Waals surface area contributed by atoms with E-state index in [1.54, 1.807) is 11.7 Å². The van der Waals surface area contributed by atoms with Crippen molar-refractivity contribution in [3.8, 4) is 11.4 Å². The molecule has 0 radical (unpaired) electrons. The first-order valence-corrected chi connectivity index (χ1v) is 6.53. The number of halogens is 1. The van der Waals surface area contributed by atoms with Crippen LogP contribution < -0.4 is 10.4 Å². The Labute approximate surface area is 117 Å². The molecule has 0 saturated carbocycles. The Balaban J connectivity index is 2.39. The number of ether oxygens (including phenoxy) is 1. The molecule has 3 rings (SSSR count). The molecule has 0 aliphatic rings. The van der Waals surface area contributed by atoms with Crippen LogP contribution in [0, 0.1) is 0 Å². The van der Waals surface area contributed by atoms with Crippen LogP contribution in [0.4, 0.5) is 0 Å². The van der Waals surface area contributed by atoms with Gasteiger partial charge in [-0.15, -0.1) is 0 Å². The van der Waals surface area contributed by atoms with Crippen LogP contribution >= 0.6 is 15.9 Å². The molecule has 3 aromatic rings. The maximum absolute atomic E-state index is 12.2. The smallest absolute Gasteiger partial charge is 0.331 e. The standard InChI is InChI=1S/C14H11BrN2O2/c1-19-13-5-3-2-4-11(13)17-12-8-9(15)6-7-10(12)16-14(17)18/h2-8H,1H3,(H,16,18). The minimum absolute atomic E-state index is 0.183. The first-order valence-electron chi connectivity index (χ1n) is 5.74. The fourth-order valence-electron chi connectivity index (χ4n) is 2.13. The van der Waals surface area contributed by atoms with Gasteiger partial charge in [-0.2, -0.15) is 0 Å². The first-order chi connectivity index (χ1) is 9.20. The Hall–Kier alpha value is -2.01. The van der Waals surface area contributed by atoms with Gasteiger partial charge in [0.1, 0.15) is 5.75 Å². The molecule has 0 spiro atoms. The topological polar surface area (TPSA) is 47.0 Å². The largest absolute Gasteiger partial charge is 0.495 e. The number of benzene rings is 2. The van der Waals surface area contributed by atoms with Crippen molar-refractivity contribution >= 4 is 27.0 Å². The van der Waals surface area contributed by atoms with Crippen molar-refractivity contribution in [3.63, 3.8) is 0 Å². The molecule has 0 atom stereocenters. The molecular weight excluding hydrogens is 308 g/mol.